The van der Waals surface area contributed by atoms with E-state index >= 15 is 0 Å². The second-order valence-electron chi connectivity index (χ2n) is 4.34. The van der Waals surface area contributed by atoms with Crippen molar-refractivity contribution in [3.8, 4) is 0 Å². The van der Waals surface area contributed by atoms with Crippen molar-refractivity contribution in [2.45, 2.75) is 38.4 Å². The zero-order valence-electron chi connectivity index (χ0n) is 12.5. The van der Waals surface area contributed by atoms with E-state index in [4.69, 9.17) is 4.11 Å². The summed E-state index contributed by atoms with van der Waals surface area (Å²) in [5.74, 6) is 0. The Hall–Kier alpha value is -0.100. The first-order valence-corrected chi connectivity index (χ1v) is 6.75. The molecule has 0 aromatic carbocycles. The molecule has 1 aromatic rings. The summed E-state index contributed by atoms with van der Waals surface area (Å²) in [6.45, 7) is 3.07. The van der Waals surface area contributed by atoms with Crippen LogP contribution in [0.3, 0.4) is 0 Å². The van der Waals surface area contributed by atoms with Gasteiger partial charge < -0.3 is 4.55 Å². The van der Waals surface area contributed by atoms with Gasteiger partial charge in [0.1, 0.15) is 9.35 Å². The fourth-order valence-corrected chi connectivity index (χ4v) is 2.04. The topological polar surface area (TPSA) is 48.0 Å². The number of pyridine rings is 1. The molecule has 5 heteroatoms. The molecule has 0 aliphatic heterocycles. The monoisotopic (exact) mass is 307 g/mol. The van der Waals surface area contributed by atoms with Crippen molar-refractivity contribution >= 4 is 27.3 Å². The normalized spacial score (nSPS) is 19.4. The molecule has 0 saturated heterocycles. The highest BCUT2D eigenvalue weighted by Crippen LogP contribution is 2.20. The van der Waals surface area contributed by atoms with Crippen molar-refractivity contribution in [1.29, 1.82) is 0 Å². The van der Waals surface area contributed by atoms with Crippen molar-refractivity contribution in [3.05, 3.63) is 28.5 Å². The number of nitrogens with zero attached hydrogens (tertiary/aromatic N) is 1. The van der Waals surface area contributed by atoms with E-state index in [1.165, 1.54) is 6.20 Å². The van der Waals surface area contributed by atoms with Gasteiger partial charge in [0.15, 0.2) is 0 Å². The first-order valence-electron chi connectivity index (χ1n) is 6.31. The van der Waals surface area contributed by atoms with Crippen LogP contribution in [0.15, 0.2) is 22.9 Å². The second-order valence-corrected chi connectivity index (χ2v) is 7.15. The van der Waals surface area contributed by atoms with E-state index in [9.17, 15) is 4.55 Å². The molecular formula is C11H17BrN2OS. The number of rotatable bonds is 3. The molecule has 1 N–H and O–H groups in total. The molecule has 0 amide bonds. The summed E-state index contributed by atoms with van der Waals surface area (Å²) < 4.78 is 37.6. The fraction of sp³-hybridized carbons (Fsp3) is 0.545. The molecule has 0 bridgehead atoms. The SMILES string of the molecule is [2H]C([2H])([2H])[C@H](N[S+]([O-])C(C)(C)C)c1ccnc(Br)c1. The Labute approximate surface area is 113 Å². The summed E-state index contributed by atoms with van der Waals surface area (Å²) in [4.78, 5) is 3.96. The molecule has 2 atom stereocenters. The van der Waals surface area contributed by atoms with E-state index in [2.05, 4.69) is 25.6 Å². The largest absolute Gasteiger partial charge is 0.598 e. The van der Waals surface area contributed by atoms with Gasteiger partial charge in [-0.1, -0.05) is 0 Å². The number of halogens is 1. The number of hydrogen-bond acceptors (Lipinski definition) is 3. The van der Waals surface area contributed by atoms with Crippen LogP contribution in [0.1, 0.15) is 43.3 Å². The molecule has 0 aliphatic carbocycles. The predicted octanol–water partition coefficient (Wildman–Crippen LogP) is 2.96. The van der Waals surface area contributed by atoms with E-state index < -0.39 is 29.0 Å². The van der Waals surface area contributed by atoms with Crippen LogP contribution in [0.25, 0.3) is 0 Å². The van der Waals surface area contributed by atoms with E-state index in [0.717, 1.165) is 0 Å². The minimum Gasteiger partial charge on any atom is -0.598 e. The van der Waals surface area contributed by atoms with Crippen LogP contribution in [0, 0.1) is 0 Å². The smallest absolute Gasteiger partial charge is 0.136 e. The van der Waals surface area contributed by atoms with Gasteiger partial charge in [-0.3, -0.25) is 0 Å². The predicted molar refractivity (Wildman–Crippen MR) is 71.4 cm³/mol. The minimum absolute atomic E-state index is 0.527. The standard InChI is InChI=1S/C11H17BrN2OS/c1-8(14-16(15)11(2,3)4)9-5-6-13-10(12)7-9/h5-8,14H,1-4H3/t8-,16?/m0/s1/i1D3. The number of nitrogens with one attached hydrogen (secondary N) is 1. The van der Waals surface area contributed by atoms with Crippen LogP contribution in [-0.2, 0) is 11.4 Å². The third-order valence-electron chi connectivity index (χ3n) is 1.87. The highest BCUT2D eigenvalue weighted by Gasteiger charge is 2.28. The van der Waals surface area contributed by atoms with Crippen molar-refractivity contribution < 1.29 is 8.67 Å². The maximum atomic E-state index is 12.1. The second kappa shape index (κ2) is 5.49. The van der Waals surface area contributed by atoms with Crippen molar-refractivity contribution in [1.82, 2.24) is 9.71 Å². The lowest BCUT2D eigenvalue weighted by Crippen LogP contribution is -2.40. The third kappa shape index (κ3) is 4.05. The molecule has 0 aliphatic rings. The summed E-state index contributed by atoms with van der Waals surface area (Å²) in [7, 11) is 0. The molecule has 1 aromatic heterocycles. The zero-order chi connectivity index (χ0) is 14.8. The highest BCUT2D eigenvalue weighted by atomic mass is 79.9. The molecule has 16 heavy (non-hydrogen) atoms. The van der Waals surface area contributed by atoms with Gasteiger partial charge in [0.25, 0.3) is 0 Å². The van der Waals surface area contributed by atoms with Crippen LogP contribution in [0.5, 0.6) is 0 Å². The first kappa shape index (κ1) is 9.88. The summed E-state index contributed by atoms with van der Waals surface area (Å²) in [5, 5.41) is 0. The number of aromatic nitrogens is 1. The Balaban J connectivity index is 3.04. The fourth-order valence-electron chi connectivity index (χ4n) is 0.949. The Bertz CT molecular complexity index is 437. The Kier molecular flexibility index (Phi) is 3.39. The van der Waals surface area contributed by atoms with Crippen LogP contribution >= 0.6 is 15.9 Å². The van der Waals surface area contributed by atoms with Crippen molar-refractivity contribution in [2.75, 3.05) is 0 Å². The van der Waals surface area contributed by atoms with Crippen LogP contribution in [-0.4, -0.2) is 14.3 Å². The van der Waals surface area contributed by atoms with E-state index in [1.54, 1.807) is 32.9 Å². The van der Waals surface area contributed by atoms with Gasteiger partial charge in [-0.2, -0.15) is 0 Å². The molecular weight excluding hydrogens is 288 g/mol. The average molecular weight is 308 g/mol. The molecule has 3 nitrogen and oxygen atoms in total. The van der Waals surface area contributed by atoms with E-state index in [-0.39, 0.29) is 0 Å². The van der Waals surface area contributed by atoms with Gasteiger partial charge in [-0.05, 0) is 61.2 Å². The summed E-state index contributed by atoms with van der Waals surface area (Å²) in [5.41, 5.74) is 0.527. The van der Waals surface area contributed by atoms with Gasteiger partial charge in [0, 0.05) is 21.7 Å². The maximum absolute atomic E-state index is 12.1. The van der Waals surface area contributed by atoms with Crippen LogP contribution in [0.4, 0.5) is 0 Å². The average Bonchev–Trinajstić information content (AvgIpc) is 2.22. The molecule has 90 valence electrons. The van der Waals surface area contributed by atoms with Crippen molar-refractivity contribution in [2.24, 2.45) is 0 Å². The van der Waals surface area contributed by atoms with Gasteiger partial charge in [0.2, 0.25) is 0 Å². The zero-order valence-corrected chi connectivity index (χ0v) is 11.9. The Morgan fingerprint density at radius 2 is 2.31 bits per heavy atom. The summed E-state index contributed by atoms with van der Waals surface area (Å²) >= 11 is 1.74. The van der Waals surface area contributed by atoms with Crippen molar-refractivity contribution in [3.63, 3.8) is 0 Å². The molecule has 0 radical (unpaired) electrons. The summed E-state index contributed by atoms with van der Waals surface area (Å²) in [6, 6.07) is 2.23. The lowest BCUT2D eigenvalue weighted by molar-refractivity contribution is 0.531. The molecule has 1 rings (SSSR count). The molecule has 0 fully saturated rings. The first-order chi connectivity index (χ1) is 8.51. The van der Waals surface area contributed by atoms with Gasteiger partial charge in [-0.15, -0.1) is 4.72 Å². The van der Waals surface area contributed by atoms with Crippen LogP contribution < -0.4 is 4.72 Å². The van der Waals surface area contributed by atoms with E-state index in [0.29, 0.717) is 10.2 Å². The van der Waals surface area contributed by atoms with Gasteiger partial charge >= 0.3 is 0 Å². The maximum Gasteiger partial charge on any atom is 0.136 e. The highest BCUT2D eigenvalue weighted by molar-refractivity contribution is 9.10. The van der Waals surface area contributed by atoms with Crippen LogP contribution in [0.2, 0.25) is 0 Å². The van der Waals surface area contributed by atoms with Gasteiger partial charge in [-0.25, -0.2) is 4.98 Å². The summed E-state index contributed by atoms with van der Waals surface area (Å²) in [6.07, 6.45) is 1.51. The van der Waals surface area contributed by atoms with Gasteiger partial charge in [0.05, 0.1) is 6.04 Å². The molecule has 1 unspecified atom stereocenters. The number of hydrogen-bond donors (Lipinski definition) is 1. The minimum atomic E-state index is -2.29. The Morgan fingerprint density at radius 3 is 2.81 bits per heavy atom. The lowest BCUT2D eigenvalue weighted by atomic mass is 10.1. The quantitative estimate of drug-likeness (QED) is 0.690. The molecule has 1 heterocycles. The lowest BCUT2D eigenvalue weighted by Gasteiger charge is -2.26. The van der Waals surface area contributed by atoms with E-state index in [1.807, 2.05) is 0 Å². The molecule has 0 spiro atoms. The third-order valence-corrected chi connectivity index (χ3v) is 3.86. The molecule has 0 saturated carbocycles. The Morgan fingerprint density at radius 1 is 1.62 bits per heavy atom.